The van der Waals surface area contributed by atoms with Crippen molar-refractivity contribution in [2.24, 2.45) is 0 Å². The summed E-state index contributed by atoms with van der Waals surface area (Å²) < 4.78 is 0. The van der Waals surface area contributed by atoms with Gasteiger partial charge in [0.25, 0.3) is 0 Å². The van der Waals surface area contributed by atoms with E-state index in [-0.39, 0.29) is 0 Å². The zero-order valence-electron chi connectivity index (χ0n) is 9.21. The van der Waals surface area contributed by atoms with Crippen molar-refractivity contribution >= 4 is 17.3 Å². The molecular weight excluding hydrogens is 224 g/mol. The molecule has 0 saturated heterocycles. The molecule has 0 aliphatic rings. The summed E-state index contributed by atoms with van der Waals surface area (Å²) in [6.45, 7) is 4.68. The Morgan fingerprint density at radius 3 is 2.88 bits per heavy atom. The number of aromatic nitrogens is 3. The second-order valence-corrected chi connectivity index (χ2v) is 4.03. The van der Waals surface area contributed by atoms with Gasteiger partial charge in [-0.05, 0) is 25.5 Å². The second-order valence-electron chi connectivity index (χ2n) is 3.67. The topological polar surface area (TPSA) is 53.6 Å². The van der Waals surface area contributed by atoms with Crippen molar-refractivity contribution < 1.29 is 0 Å². The molecule has 0 radical (unpaired) electrons. The van der Waals surface area contributed by atoms with Crippen molar-refractivity contribution in [1.82, 2.24) is 15.2 Å². The van der Waals surface area contributed by atoms with E-state index in [1.165, 1.54) is 0 Å². The Balaban J connectivity index is 2.14. The van der Waals surface area contributed by atoms with Crippen LogP contribution in [-0.4, -0.2) is 15.2 Å². The van der Waals surface area contributed by atoms with Gasteiger partial charge in [-0.15, -0.1) is 0 Å². The Hall–Kier alpha value is -1.55. The van der Waals surface area contributed by atoms with Crippen molar-refractivity contribution in [1.29, 1.82) is 0 Å². The molecule has 2 heterocycles. The highest BCUT2D eigenvalue weighted by atomic mass is 35.5. The number of H-pyrrole nitrogens is 1. The number of rotatable bonds is 3. The first kappa shape index (κ1) is 11.0. The van der Waals surface area contributed by atoms with E-state index in [2.05, 4.69) is 20.5 Å². The van der Waals surface area contributed by atoms with E-state index in [1.54, 1.807) is 6.20 Å². The van der Waals surface area contributed by atoms with Gasteiger partial charge in [-0.25, -0.2) is 4.98 Å². The predicted octanol–water partition coefficient (Wildman–Crippen LogP) is 2.69. The number of nitrogens with one attached hydrogen (secondary N) is 2. The van der Waals surface area contributed by atoms with Crippen molar-refractivity contribution in [2.75, 3.05) is 5.32 Å². The lowest BCUT2D eigenvalue weighted by Gasteiger charge is -2.09. The molecule has 2 N–H and O–H groups in total. The summed E-state index contributed by atoms with van der Waals surface area (Å²) in [5.74, 6) is 0. The van der Waals surface area contributed by atoms with E-state index >= 15 is 0 Å². The molecule has 0 unspecified atom stereocenters. The van der Waals surface area contributed by atoms with Crippen molar-refractivity contribution in [3.05, 3.63) is 40.4 Å². The van der Waals surface area contributed by atoms with E-state index in [1.807, 2.05) is 26.1 Å². The molecule has 0 aliphatic heterocycles. The van der Waals surface area contributed by atoms with Gasteiger partial charge >= 0.3 is 0 Å². The Morgan fingerprint density at radius 2 is 2.25 bits per heavy atom. The molecule has 2 aromatic rings. The normalized spacial score (nSPS) is 10.4. The fraction of sp³-hybridized carbons (Fsp3) is 0.273. The summed E-state index contributed by atoms with van der Waals surface area (Å²) in [7, 11) is 0. The molecule has 0 atom stereocenters. The van der Waals surface area contributed by atoms with Crippen LogP contribution in [0, 0.1) is 13.8 Å². The van der Waals surface area contributed by atoms with Gasteiger partial charge in [0.05, 0.1) is 11.9 Å². The average Bonchev–Trinajstić information content (AvgIpc) is 2.64. The molecule has 0 saturated carbocycles. The van der Waals surface area contributed by atoms with Crippen LogP contribution in [0.25, 0.3) is 0 Å². The number of pyridine rings is 1. The van der Waals surface area contributed by atoms with Crippen LogP contribution in [-0.2, 0) is 6.54 Å². The van der Waals surface area contributed by atoms with Crippen LogP contribution in [0.3, 0.4) is 0 Å². The van der Waals surface area contributed by atoms with Gasteiger partial charge in [-0.1, -0.05) is 11.6 Å². The average molecular weight is 237 g/mol. The number of aromatic amines is 1. The summed E-state index contributed by atoms with van der Waals surface area (Å²) in [6, 6.07) is 1.93. The van der Waals surface area contributed by atoms with E-state index in [0.717, 1.165) is 22.5 Å². The number of hydrogen-bond acceptors (Lipinski definition) is 3. The third-order valence-electron chi connectivity index (χ3n) is 2.50. The lowest BCUT2D eigenvalue weighted by molar-refractivity contribution is 1.04. The number of halogens is 1. The molecule has 5 heteroatoms. The van der Waals surface area contributed by atoms with E-state index in [9.17, 15) is 0 Å². The quantitative estimate of drug-likeness (QED) is 0.806. The van der Waals surface area contributed by atoms with Crippen LogP contribution in [0.4, 0.5) is 5.69 Å². The predicted molar refractivity (Wildman–Crippen MR) is 64.6 cm³/mol. The highest BCUT2D eigenvalue weighted by Gasteiger charge is 2.05. The molecule has 0 fully saturated rings. The van der Waals surface area contributed by atoms with Crippen LogP contribution < -0.4 is 5.32 Å². The Kier molecular flexibility index (Phi) is 3.10. The van der Waals surface area contributed by atoms with Gasteiger partial charge in [-0.3, -0.25) is 5.10 Å². The minimum absolute atomic E-state index is 0.501. The van der Waals surface area contributed by atoms with Crippen LogP contribution in [0.15, 0.2) is 18.5 Å². The Morgan fingerprint density at radius 1 is 1.44 bits per heavy atom. The highest BCUT2D eigenvalue weighted by Crippen LogP contribution is 2.23. The third-order valence-corrected chi connectivity index (χ3v) is 2.79. The van der Waals surface area contributed by atoms with Crippen molar-refractivity contribution in [2.45, 2.75) is 20.4 Å². The maximum atomic E-state index is 6.01. The summed E-state index contributed by atoms with van der Waals surface area (Å²) in [4.78, 5) is 4.04. The first-order valence-electron chi connectivity index (χ1n) is 5.02. The maximum absolute atomic E-state index is 6.01. The molecular formula is C11H13ClN4. The summed E-state index contributed by atoms with van der Waals surface area (Å²) >= 11 is 6.01. The van der Waals surface area contributed by atoms with Gasteiger partial charge in [0.1, 0.15) is 0 Å². The molecule has 0 aromatic carbocycles. The number of hydrogen-bond donors (Lipinski definition) is 2. The fourth-order valence-electron chi connectivity index (χ4n) is 1.47. The lowest BCUT2D eigenvalue weighted by atomic mass is 10.2. The molecule has 4 nitrogen and oxygen atoms in total. The van der Waals surface area contributed by atoms with Crippen molar-refractivity contribution in [3.63, 3.8) is 0 Å². The summed E-state index contributed by atoms with van der Waals surface area (Å²) in [5.41, 5.74) is 4.15. The van der Waals surface area contributed by atoms with Gasteiger partial charge in [0.2, 0.25) is 0 Å². The Labute approximate surface area is 99.1 Å². The standard InChI is InChI=1S/C11H13ClN4/c1-7-3-4-13-11(12)10(7)14-5-9-6-15-16-8(9)2/h3-4,6,14H,5H2,1-2H3,(H,15,16). The van der Waals surface area contributed by atoms with Crippen LogP contribution in [0.1, 0.15) is 16.8 Å². The second kappa shape index (κ2) is 4.53. The maximum Gasteiger partial charge on any atom is 0.152 e. The van der Waals surface area contributed by atoms with E-state index in [4.69, 9.17) is 11.6 Å². The Bertz CT molecular complexity index is 472. The SMILES string of the molecule is Cc1ccnc(Cl)c1NCc1cn[nH]c1C. The van der Waals surface area contributed by atoms with Gasteiger partial charge in [0, 0.05) is 24.0 Å². The van der Waals surface area contributed by atoms with Crippen LogP contribution in [0.2, 0.25) is 5.15 Å². The molecule has 0 spiro atoms. The van der Waals surface area contributed by atoms with E-state index < -0.39 is 0 Å². The molecule has 2 rings (SSSR count). The minimum atomic E-state index is 0.501. The molecule has 0 aliphatic carbocycles. The van der Waals surface area contributed by atoms with Crippen LogP contribution in [0.5, 0.6) is 0 Å². The van der Waals surface area contributed by atoms with Gasteiger partial charge in [-0.2, -0.15) is 5.10 Å². The summed E-state index contributed by atoms with van der Waals surface area (Å²) in [6.07, 6.45) is 3.51. The monoisotopic (exact) mass is 236 g/mol. The molecule has 0 bridgehead atoms. The molecule has 16 heavy (non-hydrogen) atoms. The number of aryl methyl sites for hydroxylation is 2. The number of nitrogens with zero attached hydrogens (tertiary/aromatic N) is 2. The molecule has 84 valence electrons. The zero-order valence-corrected chi connectivity index (χ0v) is 9.97. The molecule has 0 amide bonds. The fourth-order valence-corrected chi connectivity index (χ4v) is 1.75. The third kappa shape index (κ3) is 2.17. The van der Waals surface area contributed by atoms with Gasteiger partial charge < -0.3 is 5.32 Å². The molecule has 2 aromatic heterocycles. The van der Waals surface area contributed by atoms with Crippen molar-refractivity contribution in [3.8, 4) is 0 Å². The van der Waals surface area contributed by atoms with E-state index in [0.29, 0.717) is 11.7 Å². The smallest absolute Gasteiger partial charge is 0.152 e. The van der Waals surface area contributed by atoms with Gasteiger partial charge in [0.15, 0.2) is 5.15 Å². The summed E-state index contributed by atoms with van der Waals surface area (Å²) in [5, 5.41) is 10.6. The number of anilines is 1. The first-order chi connectivity index (χ1) is 7.68. The minimum Gasteiger partial charge on any atom is -0.378 e. The zero-order chi connectivity index (χ0) is 11.5. The first-order valence-corrected chi connectivity index (χ1v) is 5.40. The lowest BCUT2D eigenvalue weighted by Crippen LogP contribution is -2.02. The van der Waals surface area contributed by atoms with Crippen LogP contribution >= 0.6 is 11.6 Å². The highest BCUT2D eigenvalue weighted by molar-refractivity contribution is 6.32. The largest absolute Gasteiger partial charge is 0.378 e.